The van der Waals surface area contributed by atoms with Gasteiger partial charge in [-0.1, -0.05) is 66.7 Å². The van der Waals surface area contributed by atoms with Gasteiger partial charge < -0.3 is 4.42 Å². The minimum absolute atomic E-state index is 0.119. The van der Waals surface area contributed by atoms with Gasteiger partial charge in [-0.2, -0.15) is 0 Å². The van der Waals surface area contributed by atoms with E-state index in [2.05, 4.69) is 6.07 Å². The zero-order valence-electron chi connectivity index (χ0n) is 15.8. The summed E-state index contributed by atoms with van der Waals surface area (Å²) in [5.41, 5.74) is 3.05. The fourth-order valence-corrected chi connectivity index (χ4v) is 4.48. The highest BCUT2D eigenvalue weighted by Gasteiger charge is 2.23. The Balaban J connectivity index is 1.81. The van der Waals surface area contributed by atoms with E-state index < -0.39 is 0 Å². The van der Waals surface area contributed by atoms with Crippen LogP contribution in [0.15, 0.2) is 95.4 Å². The maximum atomic E-state index is 12.1. The molecule has 0 N–H and O–H groups in total. The average molecular weight is 389 g/mol. The second kappa shape index (κ2) is 6.16. The fourth-order valence-electron chi connectivity index (χ4n) is 4.48. The van der Waals surface area contributed by atoms with Crippen LogP contribution < -0.4 is 0 Å². The number of hydrogen-bond donors (Lipinski definition) is 0. The monoisotopic (exact) mass is 389 g/mol. The molecule has 6 rings (SSSR count). The third-order valence-electron chi connectivity index (χ3n) is 5.76. The Labute approximate surface area is 171 Å². The second-order valence-corrected chi connectivity index (χ2v) is 7.38. The summed E-state index contributed by atoms with van der Waals surface area (Å²) in [7, 11) is 0. The van der Waals surface area contributed by atoms with E-state index in [0.717, 1.165) is 43.7 Å². The Hall–Kier alpha value is -4.18. The molecule has 4 heteroatoms. The van der Waals surface area contributed by atoms with E-state index >= 15 is 0 Å². The summed E-state index contributed by atoms with van der Waals surface area (Å²) in [5.74, 6) is 0. The Morgan fingerprint density at radius 3 is 2.10 bits per heavy atom. The minimum atomic E-state index is -0.282. The third-order valence-corrected chi connectivity index (χ3v) is 5.76. The predicted molar refractivity (Wildman–Crippen MR) is 121 cm³/mol. The molecule has 0 bridgehead atoms. The SMILES string of the molecule is O=[N+]([O-])c1c(-c2cc3oc4ccccc4c3c3ccccc23)ccc2ccccc12. The van der Waals surface area contributed by atoms with Crippen LogP contribution in [0.25, 0.3) is 54.6 Å². The number of nitro benzene ring substituents is 1. The molecular weight excluding hydrogens is 374 g/mol. The summed E-state index contributed by atoms with van der Waals surface area (Å²) in [5, 5.41) is 17.7. The van der Waals surface area contributed by atoms with Gasteiger partial charge in [-0.3, -0.25) is 10.1 Å². The van der Waals surface area contributed by atoms with Crippen LogP contribution in [0, 0.1) is 10.1 Å². The Bertz CT molecular complexity index is 1630. The van der Waals surface area contributed by atoms with Crippen molar-refractivity contribution in [2.45, 2.75) is 0 Å². The third kappa shape index (κ3) is 2.28. The van der Waals surface area contributed by atoms with E-state index in [0.29, 0.717) is 10.9 Å². The van der Waals surface area contributed by atoms with Crippen LogP contribution in [0.4, 0.5) is 5.69 Å². The van der Waals surface area contributed by atoms with Crippen molar-refractivity contribution in [3.05, 3.63) is 101 Å². The highest BCUT2D eigenvalue weighted by atomic mass is 16.6. The first-order chi connectivity index (χ1) is 14.7. The van der Waals surface area contributed by atoms with Crippen LogP contribution in [0.1, 0.15) is 0 Å². The molecule has 0 aliphatic heterocycles. The van der Waals surface area contributed by atoms with Crippen molar-refractivity contribution in [3.8, 4) is 11.1 Å². The van der Waals surface area contributed by atoms with Gasteiger partial charge in [0, 0.05) is 16.3 Å². The lowest BCUT2D eigenvalue weighted by molar-refractivity contribution is -0.382. The second-order valence-electron chi connectivity index (χ2n) is 7.38. The van der Waals surface area contributed by atoms with Gasteiger partial charge in [-0.25, -0.2) is 0 Å². The van der Waals surface area contributed by atoms with Gasteiger partial charge in [0.05, 0.1) is 15.9 Å². The lowest BCUT2D eigenvalue weighted by Crippen LogP contribution is -1.94. The van der Waals surface area contributed by atoms with Gasteiger partial charge in [0.1, 0.15) is 11.2 Å². The van der Waals surface area contributed by atoms with Gasteiger partial charge in [0.2, 0.25) is 0 Å². The topological polar surface area (TPSA) is 56.3 Å². The van der Waals surface area contributed by atoms with E-state index in [1.807, 2.05) is 78.9 Å². The summed E-state index contributed by atoms with van der Waals surface area (Å²) in [6.45, 7) is 0. The first-order valence-corrected chi connectivity index (χ1v) is 9.72. The molecule has 30 heavy (non-hydrogen) atoms. The van der Waals surface area contributed by atoms with Gasteiger partial charge in [-0.15, -0.1) is 0 Å². The standard InChI is InChI=1S/C26H15NO3/c28-27(29)26-17-8-2-1-7-16(17)13-14-20(26)22-15-24-25(19-10-4-3-9-18(19)22)21-11-5-6-12-23(21)30-24/h1-15H. The van der Waals surface area contributed by atoms with Crippen LogP contribution in [-0.4, -0.2) is 4.92 Å². The predicted octanol–water partition coefficient (Wildman–Crippen LogP) is 7.47. The molecule has 0 saturated heterocycles. The number of nitrogens with zero attached hydrogens (tertiary/aromatic N) is 1. The molecule has 0 aliphatic rings. The summed E-state index contributed by atoms with van der Waals surface area (Å²) < 4.78 is 6.14. The molecule has 0 amide bonds. The molecule has 1 aromatic heterocycles. The van der Waals surface area contributed by atoms with Gasteiger partial charge >= 0.3 is 0 Å². The van der Waals surface area contributed by atoms with Crippen LogP contribution in [0.2, 0.25) is 0 Å². The van der Waals surface area contributed by atoms with Crippen LogP contribution in [0.3, 0.4) is 0 Å². The number of hydrogen-bond acceptors (Lipinski definition) is 3. The lowest BCUT2D eigenvalue weighted by Gasteiger charge is -2.11. The maximum absolute atomic E-state index is 12.1. The van der Waals surface area contributed by atoms with Crippen molar-refractivity contribution >= 4 is 49.2 Å². The quantitative estimate of drug-likeness (QED) is 0.228. The first kappa shape index (κ1) is 16.7. The average Bonchev–Trinajstić information content (AvgIpc) is 3.16. The number of furan rings is 1. The van der Waals surface area contributed by atoms with E-state index in [1.54, 1.807) is 6.07 Å². The normalized spacial score (nSPS) is 11.6. The number of benzene rings is 5. The molecule has 5 aromatic carbocycles. The minimum Gasteiger partial charge on any atom is -0.456 e. The van der Waals surface area contributed by atoms with E-state index in [-0.39, 0.29) is 10.6 Å². The van der Waals surface area contributed by atoms with Crippen LogP contribution in [0.5, 0.6) is 0 Å². The van der Waals surface area contributed by atoms with Gasteiger partial charge in [-0.05, 0) is 40.4 Å². The summed E-state index contributed by atoms with van der Waals surface area (Å²) >= 11 is 0. The van der Waals surface area contributed by atoms with Gasteiger partial charge in [0.15, 0.2) is 0 Å². The van der Waals surface area contributed by atoms with Crippen molar-refractivity contribution in [2.24, 2.45) is 0 Å². The summed E-state index contributed by atoms with van der Waals surface area (Å²) in [6, 6.07) is 29.1. The molecule has 0 fully saturated rings. The highest BCUT2D eigenvalue weighted by Crippen LogP contribution is 2.44. The molecule has 1 heterocycles. The zero-order chi connectivity index (χ0) is 20.2. The molecule has 0 saturated carbocycles. The fraction of sp³-hybridized carbons (Fsp3) is 0. The summed E-state index contributed by atoms with van der Waals surface area (Å²) in [6.07, 6.45) is 0. The van der Waals surface area contributed by atoms with E-state index in [4.69, 9.17) is 4.42 Å². The molecule has 6 aromatic rings. The number of para-hydroxylation sites is 1. The van der Waals surface area contributed by atoms with E-state index in [1.165, 1.54) is 0 Å². The molecular formula is C26H15NO3. The summed E-state index contributed by atoms with van der Waals surface area (Å²) in [4.78, 5) is 11.8. The molecule has 0 radical (unpaired) electrons. The zero-order valence-corrected chi connectivity index (χ0v) is 15.8. The number of fused-ring (bicyclic) bond motifs is 6. The Morgan fingerprint density at radius 2 is 1.30 bits per heavy atom. The molecule has 0 aliphatic carbocycles. The lowest BCUT2D eigenvalue weighted by atomic mass is 9.92. The maximum Gasteiger partial charge on any atom is 0.284 e. The molecule has 0 unspecified atom stereocenters. The van der Waals surface area contributed by atoms with Crippen molar-refractivity contribution in [2.75, 3.05) is 0 Å². The van der Waals surface area contributed by atoms with Crippen LogP contribution >= 0.6 is 0 Å². The van der Waals surface area contributed by atoms with E-state index in [9.17, 15) is 10.1 Å². The molecule has 4 nitrogen and oxygen atoms in total. The van der Waals surface area contributed by atoms with Crippen molar-refractivity contribution < 1.29 is 9.34 Å². The smallest absolute Gasteiger partial charge is 0.284 e. The Morgan fingerprint density at radius 1 is 0.633 bits per heavy atom. The van der Waals surface area contributed by atoms with Crippen molar-refractivity contribution in [1.29, 1.82) is 0 Å². The van der Waals surface area contributed by atoms with Crippen LogP contribution in [-0.2, 0) is 0 Å². The number of rotatable bonds is 2. The molecule has 0 atom stereocenters. The van der Waals surface area contributed by atoms with Crippen molar-refractivity contribution in [1.82, 2.24) is 0 Å². The number of nitro groups is 1. The highest BCUT2D eigenvalue weighted by molar-refractivity contribution is 6.22. The molecule has 142 valence electrons. The molecule has 0 spiro atoms. The van der Waals surface area contributed by atoms with Crippen molar-refractivity contribution in [3.63, 3.8) is 0 Å². The largest absolute Gasteiger partial charge is 0.456 e. The van der Waals surface area contributed by atoms with Gasteiger partial charge in [0.25, 0.3) is 5.69 Å². The first-order valence-electron chi connectivity index (χ1n) is 9.72. The Kier molecular flexibility index (Phi) is 3.44.